The molecule has 26 heavy (non-hydrogen) atoms. The van der Waals surface area contributed by atoms with Crippen LogP contribution >= 0.6 is 12.4 Å². The summed E-state index contributed by atoms with van der Waals surface area (Å²) in [5, 5.41) is 7.32. The van der Waals surface area contributed by atoms with Crippen LogP contribution in [0.2, 0.25) is 0 Å². The number of pyridine rings is 1. The number of aromatic nitrogens is 1. The standard InChI is InChI=1S/C19H20N4O2.ClH/c1-24-19(25-2)22-17-9-8-15-10-11-20-13-16(15)18(17)23(19)21-12-14-6-4-3-5-7-14;/h3-11,13,21-22H,12H2,1-2H3;1H. The molecular weight excluding hydrogens is 352 g/mol. The van der Waals surface area contributed by atoms with E-state index in [4.69, 9.17) is 9.47 Å². The van der Waals surface area contributed by atoms with E-state index >= 15 is 0 Å². The van der Waals surface area contributed by atoms with Crippen LogP contribution < -0.4 is 15.8 Å². The number of benzene rings is 2. The summed E-state index contributed by atoms with van der Waals surface area (Å²) in [6, 6.07) is 15.1. The van der Waals surface area contributed by atoms with Crippen molar-refractivity contribution in [1.29, 1.82) is 0 Å². The number of ether oxygens (including phenoxy) is 2. The predicted octanol–water partition coefficient (Wildman–Crippen LogP) is 3.50. The Hall–Kier alpha value is -2.38. The van der Waals surface area contributed by atoms with E-state index in [1.807, 2.05) is 41.5 Å². The maximum atomic E-state index is 5.69. The van der Waals surface area contributed by atoms with Gasteiger partial charge < -0.3 is 14.8 Å². The lowest BCUT2D eigenvalue weighted by atomic mass is 10.1. The molecule has 0 unspecified atom stereocenters. The second-order valence-corrected chi connectivity index (χ2v) is 5.83. The van der Waals surface area contributed by atoms with Gasteiger partial charge in [0.2, 0.25) is 0 Å². The number of hydrogen-bond acceptors (Lipinski definition) is 6. The normalized spacial score (nSPS) is 14.6. The summed E-state index contributed by atoms with van der Waals surface area (Å²) in [4.78, 5) is 4.28. The molecule has 0 saturated heterocycles. The van der Waals surface area contributed by atoms with E-state index < -0.39 is 6.03 Å². The van der Waals surface area contributed by atoms with Crippen molar-refractivity contribution in [2.45, 2.75) is 12.6 Å². The molecule has 0 bridgehead atoms. The zero-order chi connectivity index (χ0) is 17.3. The van der Waals surface area contributed by atoms with Crippen molar-refractivity contribution in [3.63, 3.8) is 0 Å². The fourth-order valence-corrected chi connectivity index (χ4v) is 3.18. The van der Waals surface area contributed by atoms with Crippen molar-refractivity contribution >= 4 is 34.6 Å². The zero-order valence-corrected chi connectivity index (χ0v) is 15.4. The second kappa shape index (κ2) is 7.47. The second-order valence-electron chi connectivity index (χ2n) is 5.83. The molecule has 0 radical (unpaired) electrons. The van der Waals surface area contributed by atoms with Gasteiger partial charge in [-0.25, -0.2) is 10.4 Å². The molecule has 136 valence electrons. The van der Waals surface area contributed by atoms with Gasteiger partial charge in [-0.2, -0.15) is 0 Å². The van der Waals surface area contributed by atoms with E-state index in [1.54, 1.807) is 20.4 Å². The fourth-order valence-electron chi connectivity index (χ4n) is 3.18. The molecule has 1 aliphatic heterocycles. The average molecular weight is 373 g/mol. The molecule has 0 fully saturated rings. The molecule has 0 spiro atoms. The summed E-state index contributed by atoms with van der Waals surface area (Å²) in [6.07, 6.45) is 3.65. The largest absolute Gasteiger partial charge is 0.354 e. The third-order valence-corrected chi connectivity index (χ3v) is 4.44. The van der Waals surface area contributed by atoms with E-state index in [2.05, 4.69) is 33.9 Å². The smallest absolute Gasteiger partial charge is 0.317 e. The van der Waals surface area contributed by atoms with Crippen LogP contribution in [0.4, 0.5) is 11.4 Å². The Labute approximate surface area is 158 Å². The van der Waals surface area contributed by atoms with Gasteiger partial charge >= 0.3 is 6.03 Å². The van der Waals surface area contributed by atoms with Crippen molar-refractivity contribution in [2.75, 3.05) is 24.5 Å². The van der Waals surface area contributed by atoms with Gasteiger partial charge in [-0.1, -0.05) is 36.4 Å². The minimum Gasteiger partial charge on any atom is -0.317 e. The Kier molecular flexibility index (Phi) is 5.29. The lowest BCUT2D eigenvalue weighted by molar-refractivity contribution is -0.186. The molecular formula is C19H21ClN4O2. The van der Waals surface area contributed by atoms with Crippen molar-refractivity contribution in [3.8, 4) is 0 Å². The summed E-state index contributed by atoms with van der Waals surface area (Å²) in [5.41, 5.74) is 6.46. The van der Waals surface area contributed by atoms with Gasteiger partial charge in [0.05, 0.1) is 11.4 Å². The Bertz CT molecular complexity index is 887. The van der Waals surface area contributed by atoms with Gasteiger partial charge in [-0.05, 0) is 23.1 Å². The molecule has 2 aromatic carbocycles. The van der Waals surface area contributed by atoms with E-state index in [0.29, 0.717) is 6.54 Å². The first kappa shape index (κ1) is 18.4. The lowest BCUT2D eigenvalue weighted by Crippen LogP contribution is -2.59. The summed E-state index contributed by atoms with van der Waals surface area (Å²) >= 11 is 0. The van der Waals surface area contributed by atoms with Crippen LogP contribution in [0.15, 0.2) is 60.9 Å². The van der Waals surface area contributed by atoms with E-state index in [0.717, 1.165) is 27.7 Å². The fraction of sp³-hybridized carbons (Fsp3) is 0.211. The zero-order valence-electron chi connectivity index (χ0n) is 14.6. The molecule has 1 aliphatic rings. The van der Waals surface area contributed by atoms with Crippen molar-refractivity contribution in [2.24, 2.45) is 0 Å². The molecule has 6 nitrogen and oxygen atoms in total. The van der Waals surface area contributed by atoms with Crippen LogP contribution in [-0.2, 0) is 16.0 Å². The molecule has 0 atom stereocenters. The first-order valence-corrected chi connectivity index (χ1v) is 8.10. The van der Waals surface area contributed by atoms with Crippen molar-refractivity contribution < 1.29 is 9.47 Å². The quantitative estimate of drug-likeness (QED) is 0.668. The maximum Gasteiger partial charge on any atom is 0.354 e. The number of halogens is 1. The summed E-state index contributed by atoms with van der Waals surface area (Å²) in [5.74, 6) is 0. The third-order valence-electron chi connectivity index (χ3n) is 4.44. The highest BCUT2D eigenvalue weighted by atomic mass is 35.5. The molecule has 1 aromatic heterocycles. The first-order chi connectivity index (χ1) is 12.3. The molecule has 4 rings (SSSR count). The van der Waals surface area contributed by atoms with E-state index in [9.17, 15) is 0 Å². The van der Waals surface area contributed by atoms with Gasteiger partial charge in [0, 0.05) is 38.5 Å². The van der Waals surface area contributed by atoms with Crippen LogP contribution in [-0.4, -0.2) is 25.2 Å². The van der Waals surface area contributed by atoms with Crippen molar-refractivity contribution in [3.05, 3.63) is 66.5 Å². The number of hydrazine groups is 1. The number of methoxy groups -OCH3 is 2. The van der Waals surface area contributed by atoms with Crippen LogP contribution in [0.5, 0.6) is 0 Å². The molecule has 0 saturated carbocycles. The minimum absolute atomic E-state index is 0. The molecule has 2 N–H and O–H groups in total. The molecule has 7 heteroatoms. The Morgan fingerprint density at radius 3 is 2.58 bits per heavy atom. The molecule has 2 heterocycles. The number of anilines is 2. The molecule has 0 amide bonds. The Balaban J connectivity index is 0.00000196. The molecule has 3 aromatic rings. The highest BCUT2D eigenvalue weighted by Gasteiger charge is 2.46. The van der Waals surface area contributed by atoms with Crippen LogP contribution in [0.1, 0.15) is 5.56 Å². The Morgan fingerprint density at radius 2 is 1.85 bits per heavy atom. The summed E-state index contributed by atoms with van der Waals surface area (Å²) in [6.45, 7) is 0.632. The van der Waals surface area contributed by atoms with Gasteiger partial charge in [0.15, 0.2) is 0 Å². The van der Waals surface area contributed by atoms with Gasteiger partial charge in [-0.3, -0.25) is 4.98 Å². The van der Waals surface area contributed by atoms with E-state index in [-0.39, 0.29) is 12.4 Å². The highest BCUT2D eigenvalue weighted by molar-refractivity contribution is 6.02. The van der Waals surface area contributed by atoms with Gasteiger partial charge in [0.1, 0.15) is 0 Å². The van der Waals surface area contributed by atoms with Crippen LogP contribution in [0.25, 0.3) is 10.8 Å². The number of nitrogens with one attached hydrogen (secondary N) is 2. The average Bonchev–Trinajstić information content (AvgIpc) is 3.01. The van der Waals surface area contributed by atoms with Crippen molar-refractivity contribution in [1.82, 2.24) is 10.4 Å². The van der Waals surface area contributed by atoms with Crippen LogP contribution in [0.3, 0.4) is 0 Å². The maximum absolute atomic E-state index is 5.69. The number of fused-ring (bicyclic) bond motifs is 3. The topological polar surface area (TPSA) is 58.7 Å². The minimum atomic E-state index is -1.12. The van der Waals surface area contributed by atoms with Gasteiger partial charge in [-0.15, -0.1) is 12.4 Å². The number of hydrogen-bond donors (Lipinski definition) is 2. The first-order valence-electron chi connectivity index (χ1n) is 8.10. The monoisotopic (exact) mass is 372 g/mol. The van der Waals surface area contributed by atoms with Gasteiger partial charge in [0.25, 0.3) is 0 Å². The number of rotatable bonds is 5. The third kappa shape index (κ3) is 2.97. The summed E-state index contributed by atoms with van der Waals surface area (Å²) < 4.78 is 11.4. The van der Waals surface area contributed by atoms with E-state index in [1.165, 1.54) is 0 Å². The SMILES string of the molecule is COC1(OC)Nc2ccc3ccncc3c2N1NCc1ccccc1.Cl. The number of nitrogens with zero attached hydrogens (tertiary/aromatic N) is 2. The Morgan fingerprint density at radius 1 is 1.08 bits per heavy atom. The van der Waals surface area contributed by atoms with Crippen LogP contribution in [0, 0.1) is 0 Å². The predicted molar refractivity (Wildman–Crippen MR) is 105 cm³/mol. The summed E-state index contributed by atoms with van der Waals surface area (Å²) in [7, 11) is 3.22. The highest BCUT2D eigenvalue weighted by Crippen LogP contribution is 2.44. The molecule has 0 aliphatic carbocycles. The lowest BCUT2D eigenvalue weighted by Gasteiger charge is -2.36.